The normalized spacial score (nSPS) is 10.3. The Morgan fingerprint density at radius 1 is 1.25 bits per heavy atom. The maximum Gasteiger partial charge on any atom is 0.191 e. The lowest BCUT2D eigenvalue weighted by Crippen LogP contribution is -2.10. The van der Waals surface area contributed by atoms with Crippen molar-refractivity contribution >= 4 is 16.9 Å². The Morgan fingerprint density at radius 3 is 2.69 bits per heavy atom. The number of carbonyl (C=O) groups is 1. The molecule has 0 saturated heterocycles. The van der Waals surface area contributed by atoms with Gasteiger partial charge in [0.1, 0.15) is 0 Å². The fraction of sp³-hybridized carbons (Fsp3) is 0.417. The first-order chi connectivity index (χ1) is 7.83. The highest BCUT2D eigenvalue weighted by atomic mass is 32.2. The predicted molar refractivity (Wildman–Crippen MR) is 67.2 cm³/mol. The van der Waals surface area contributed by atoms with Crippen LogP contribution in [-0.4, -0.2) is 24.9 Å². The van der Waals surface area contributed by atoms with Gasteiger partial charge in [-0.3, -0.25) is 4.79 Å². The van der Waals surface area contributed by atoms with Crippen LogP contribution in [0.3, 0.4) is 0 Å². The molecule has 88 valence electrons. The molecule has 3 nitrogen and oxygen atoms in total. The second-order valence-corrected chi connectivity index (χ2v) is 4.33. The van der Waals surface area contributed by atoms with Crippen LogP contribution in [0, 0.1) is 0 Å². The van der Waals surface area contributed by atoms with Gasteiger partial charge in [0.15, 0.2) is 5.12 Å². The van der Waals surface area contributed by atoms with Crippen LogP contribution in [0.25, 0.3) is 0 Å². The van der Waals surface area contributed by atoms with Gasteiger partial charge in [-0.1, -0.05) is 42.1 Å². The van der Waals surface area contributed by atoms with E-state index in [4.69, 9.17) is 10.5 Å². The van der Waals surface area contributed by atoms with E-state index >= 15 is 0 Å². The first-order valence-electron chi connectivity index (χ1n) is 5.30. The number of rotatable bonds is 7. The molecule has 0 atom stereocenters. The third-order valence-electron chi connectivity index (χ3n) is 1.96. The van der Waals surface area contributed by atoms with E-state index < -0.39 is 0 Å². The first-order valence-corrected chi connectivity index (χ1v) is 6.29. The Hall–Kier alpha value is -0.840. The molecule has 0 aliphatic rings. The molecule has 0 aliphatic heterocycles. The SMILES string of the molecule is NCCOCCC(=O)SCc1ccccc1. The molecule has 0 saturated carbocycles. The van der Waals surface area contributed by atoms with Crippen molar-refractivity contribution in [2.45, 2.75) is 12.2 Å². The van der Waals surface area contributed by atoms with Crippen LogP contribution in [0.1, 0.15) is 12.0 Å². The summed E-state index contributed by atoms with van der Waals surface area (Å²) >= 11 is 1.34. The van der Waals surface area contributed by atoms with E-state index in [9.17, 15) is 4.79 Å². The molecule has 0 fully saturated rings. The summed E-state index contributed by atoms with van der Waals surface area (Å²) in [4.78, 5) is 11.4. The molecular formula is C12H17NO2S. The zero-order valence-electron chi connectivity index (χ0n) is 9.22. The number of nitrogens with two attached hydrogens (primary N) is 1. The minimum atomic E-state index is 0.167. The maximum atomic E-state index is 11.4. The summed E-state index contributed by atoms with van der Waals surface area (Å²) in [6.07, 6.45) is 0.456. The highest BCUT2D eigenvalue weighted by molar-refractivity contribution is 8.12. The molecule has 4 heteroatoms. The second kappa shape index (κ2) is 8.33. The van der Waals surface area contributed by atoms with E-state index in [1.807, 2.05) is 30.3 Å². The van der Waals surface area contributed by atoms with Gasteiger partial charge in [0, 0.05) is 18.7 Å². The van der Waals surface area contributed by atoms with Crippen molar-refractivity contribution in [3.8, 4) is 0 Å². The number of thioether (sulfide) groups is 1. The molecule has 1 aromatic rings. The van der Waals surface area contributed by atoms with Crippen molar-refractivity contribution in [2.24, 2.45) is 5.73 Å². The highest BCUT2D eigenvalue weighted by Crippen LogP contribution is 2.13. The van der Waals surface area contributed by atoms with Gasteiger partial charge in [-0.15, -0.1) is 0 Å². The monoisotopic (exact) mass is 239 g/mol. The summed E-state index contributed by atoms with van der Waals surface area (Å²) in [7, 11) is 0. The van der Waals surface area contributed by atoms with Crippen LogP contribution in [-0.2, 0) is 15.3 Å². The lowest BCUT2D eigenvalue weighted by molar-refractivity contribution is -0.111. The summed E-state index contributed by atoms with van der Waals surface area (Å²) in [6.45, 7) is 1.50. The average Bonchev–Trinajstić information content (AvgIpc) is 2.33. The van der Waals surface area contributed by atoms with Crippen LogP contribution in [0.5, 0.6) is 0 Å². The van der Waals surface area contributed by atoms with Crippen LogP contribution >= 0.6 is 11.8 Å². The van der Waals surface area contributed by atoms with Gasteiger partial charge in [0.2, 0.25) is 0 Å². The second-order valence-electron chi connectivity index (χ2n) is 3.30. The van der Waals surface area contributed by atoms with Crippen molar-refractivity contribution in [1.29, 1.82) is 0 Å². The van der Waals surface area contributed by atoms with Gasteiger partial charge in [0.25, 0.3) is 0 Å². The quantitative estimate of drug-likeness (QED) is 0.737. The van der Waals surface area contributed by atoms with Crippen LogP contribution in [0.2, 0.25) is 0 Å². The van der Waals surface area contributed by atoms with Gasteiger partial charge in [-0.25, -0.2) is 0 Å². The van der Waals surface area contributed by atoms with E-state index in [-0.39, 0.29) is 5.12 Å². The summed E-state index contributed by atoms with van der Waals surface area (Å²) < 4.78 is 5.15. The largest absolute Gasteiger partial charge is 0.380 e. The third kappa shape index (κ3) is 5.90. The van der Waals surface area contributed by atoms with Gasteiger partial charge < -0.3 is 10.5 Å². The third-order valence-corrected chi connectivity index (χ3v) is 2.96. The minimum Gasteiger partial charge on any atom is -0.380 e. The van der Waals surface area contributed by atoms with E-state index in [0.717, 1.165) is 5.75 Å². The van der Waals surface area contributed by atoms with Crippen LogP contribution in [0.4, 0.5) is 0 Å². The van der Waals surface area contributed by atoms with Gasteiger partial charge in [-0.05, 0) is 5.56 Å². The fourth-order valence-electron chi connectivity index (χ4n) is 1.15. The average molecular weight is 239 g/mol. The topological polar surface area (TPSA) is 52.3 Å². The molecule has 0 bridgehead atoms. The zero-order chi connectivity index (χ0) is 11.6. The zero-order valence-corrected chi connectivity index (χ0v) is 10.0. The molecule has 0 aliphatic carbocycles. The Labute approximate surface area is 100 Å². The molecule has 1 aromatic carbocycles. The van der Waals surface area contributed by atoms with Crippen molar-refractivity contribution < 1.29 is 9.53 Å². The minimum absolute atomic E-state index is 0.167. The lowest BCUT2D eigenvalue weighted by Gasteiger charge is -2.02. The van der Waals surface area contributed by atoms with Gasteiger partial charge in [-0.2, -0.15) is 0 Å². The van der Waals surface area contributed by atoms with Crippen molar-refractivity contribution in [3.63, 3.8) is 0 Å². The molecule has 1 rings (SSSR count). The molecule has 0 heterocycles. The van der Waals surface area contributed by atoms with Crippen LogP contribution in [0.15, 0.2) is 30.3 Å². The molecule has 0 amide bonds. The molecular weight excluding hydrogens is 222 g/mol. The molecule has 2 N–H and O–H groups in total. The van der Waals surface area contributed by atoms with Gasteiger partial charge >= 0.3 is 0 Å². The number of hydrogen-bond acceptors (Lipinski definition) is 4. The van der Waals surface area contributed by atoms with Crippen molar-refractivity contribution in [3.05, 3.63) is 35.9 Å². The van der Waals surface area contributed by atoms with E-state index in [1.54, 1.807) is 0 Å². The standard InChI is InChI=1S/C12H17NO2S/c13-7-9-15-8-6-12(14)16-10-11-4-2-1-3-5-11/h1-5H,6-10,13H2. The number of carbonyl (C=O) groups excluding carboxylic acids is 1. The lowest BCUT2D eigenvalue weighted by atomic mass is 10.2. The first kappa shape index (κ1) is 13.2. The summed E-state index contributed by atoms with van der Waals surface area (Å²) in [5.74, 6) is 0.733. The Morgan fingerprint density at radius 2 is 2.00 bits per heavy atom. The van der Waals surface area contributed by atoms with Crippen molar-refractivity contribution in [2.75, 3.05) is 19.8 Å². The van der Waals surface area contributed by atoms with E-state index in [2.05, 4.69) is 0 Å². The molecule has 0 aromatic heterocycles. The number of benzene rings is 1. The smallest absolute Gasteiger partial charge is 0.191 e. The highest BCUT2D eigenvalue weighted by Gasteiger charge is 2.02. The summed E-state index contributed by atoms with van der Waals surface area (Å²) in [5.41, 5.74) is 6.44. The Balaban J connectivity index is 2.11. The molecule has 0 unspecified atom stereocenters. The number of hydrogen-bond donors (Lipinski definition) is 1. The van der Waals surface area contributed by atoms with Crippen LogP contribution < -0.4 is 5.73 Å². The molecule has 0 spiro atoms. The summed E-state index contributed by atoms with van der Waals surface area (Å²) in [6, 6.07) is 9.96. The van der Waals surface area contributed by atoms with E-state index in [1.165, 1.54) is 17.3 Å². The maximum absolute atomic E-state index is 11.4. The molecule has 16 heavy (non-hydrogen) atoms. The molecule has 0 radical (unpaired) electrons. The van der Waals surface area contributed by atoms with Crippen molar-refractivity contribution in [1.82, 2.24) is 0 Å². The predicted octanol–water partition coefficient (Wildman–Crippen LogP) is 1.81. The fourth-order valence-corrected chi connectivity index (χ4v) is 1.90. The van der Waals surface area contributed by atoms with Gasteiger partial charge in [0.05, 0.1) is 13.2 Å². The Kier molecular flexibility index (Phi) is 6.88. The summed E-state index contributed by atoms with van der Waals surface area (Å²) in [5, 5.41) is 0.167. The van der Waals surface area contributed by atoms with E-state index in [0.29, 0.717) is 26.2 Å². The Bertz CT molecular complexity index is 303. The number of ether oxygens (including phenoxy) is 1.